The van der Waals surface area contributed by atoms with Gasteiger partial charge in [-0.25, -0.2) is 0 Å². The molecule has 0 saturated carbocycles. The van der Waals surface area contributed by atoms with Crippen LogP contribution < -0.4 is 10.5 Å². The van der Waals surface area contributed by atoms with Gasteiger partial charge in [0.1, 0.15) is 12.4 Å². The predicted molar refractivity (Wildman–Crippen MR) is 84.3 cm³/mol. The lowest BCUT2D eigenvalue weighted by Crippen LogP contribution is -2.19. The Balaban J connectivity index is 1.97. The van der Waals surface area contributed by atoms with E-state index >= 15 is 0 Å². The molecule has 2 aromatic carbocycles. The molecule has 3 heteroatoms. The van der Waals surface area contributed by atoms with Gasteiger partial charge in [-0.1, -0.05) is 55.3 Å². The first-order chi connectivity index (χ1) is 9.69. The molecule has 2 rings (SSSR count). The largest absolute Gasteiger partial charge is 0.492 e. The third-order valence-corrected chi connectivity index (χ3v) is 3.38. The lowest BCUT2D eigenvalue weighted by atomic mass is 10.0. The summed E-state index contributed by atoms with van der Waals surface area (Å²) in [6.45, 7) is 2.62. The number of halogens is 1. The fourth-order valence-electron chi connectivity index (χ4n) is 2.11. The Bertz CT molecular complexity index is 556. The van der Waals surface area contributed by atoms with Gasteiger partial charge in [-0.15, -0.1) is 0 Å². The van der Waals surface area contributed by atoms with Crippen LogP contribution in [0.1, 0.15) is 30.5 Å². The summed E-state index contributed by atoms with van der Waals surface area (Å²) in [6.07, 6.45) is 2.22. The molecule has 106 valence electrons. The molecule has 0 bridgehead atoms. The first-order valence-corrected chi connectivity index (χ1v) is 7.29. The predicted octanol–water partition coefficient (Wildman–Crippen LogP) is 4.37. The highest BCUT2D eigenvalue weighted by Crippen LogP contribution is 2.19. The molecule has 2 N–H and O–H groups in total. The van der Waals surface area contributed by atoms with Gasteiger partial charge in [0.2, 0.25) is 0 Å². The smallest absolute Gasteiger partial charge is 0.120 e. The number of ether oxygens (including phenoxy) is 1. The van der Waals surface area contributed by atoms with Crippen molar-refractivity contribution < 1.29 is 4.74 Å². The summed E-state index contributed by atoms with van der Waals surface area (Å²) >= 11 is 5.92. The zero-order chi connectivity index (χ0) is 14.4. The zero-order valence-corrected chi connectivity index (χ0v) is 12.4. The van der Waals surface area contributed by atoms with E-state index in [2.05, 4.69) is 25.1 Å². The van der Waals surface area contributed by atoms with Crippen molar-refractivity contribution >= 4 is 11.6 Å². The maximum absolute atomic E-state index is 6.19. The average molecular weight is 290 g/mol. The number of aryl methyl sites for hydroxylation is 1. The highest BCUT2D eigenvalue weighted by molar-refractivity contribution is 6.30. The van der Waals surface area contributed by atoms with Gasteiger partial charge in [-0.2, -0.15) is 0 Å². The molecular weight excluding hydrogens is 270 g/mol. The normalized spacial score (nSPS) is 12.2. The number of hydrogen-bond donors (Lipinski definition) is 1. The number of nitrogens with two attached hydrogens (primary N) is 1. The summed E-state index contributed by atoms with van der Waals surface area (Å²) in [7, 11) is 0. The SMILES string of the molecule is CCCc1cccc(C(N)COc2cccc(Cl)c2)c1. The summed E-state index contributed by atoms with van der Waals surface area (Å²) in [5.74, 6) is 0.748. The van der Waals surface area contributed by atoms with E-state index in [0.29, 0.717) is 11.6 Å². The third kappa shape index (κ3) is 4.26. The van der Waals surface area contributed by atoms with E-state index in [4.69, 9.17) is 22.1 Å². The van der Waals surface area contributed by atoms with Crippen LogP contribution in [-0.4, -0.2) is 6.61 Å². The summed E-state index contributed by atoms with van der Waals surface area (Å²) in [5, 5.41) is 0.668. The van der Waals surface area contributed by atoms with Crippen LogP contribution in [0.4, 0.5) is 0 Å². The first-order valence-electron chi connectivity index (χ1n) is 6.92. The second-order valence-electron chi connectivity index (χ2n) is 4.87. The Morgan fingerprint density at radius 1 is 1.15 bits per heavy atom. The van der Waals surface area contributed by atoms with Gasteiger partial charge in [-0.05, 0) is 35.7 Å². The van der Waals surface area contributed by atoms with Gasteiger partial charge in [0.15, 0.2) is 0 Å². The standard InChI is InChI=1S/C17H20ClNO/c1-2-5-13-6-3-7-14(10-13)17(19)12-20-16-9-4-8-15(18)11-16/h3-4,6-11,17H,2,5,12,19H2,1H3. The van der Waals surface area contributed by atoms with Crippen LogP contribution in [0.15, 0.2) is 48.5 Å². The average Bonchev–Trinajstić information content (AvgIpc) is 2.45. The molecule has 0 amide bonds. The van der Waals surface area contributed by atoms with Gasteiger partial charge >= 0.3 is 0 Å². The van der Waals surface area contributed by atoms with E-state index < -0.39 is 0 Å². The van der Waals surface area contributed by atoms with Crippen molar-refractivity contribution in [2.75, 3.05) is 6.61 Å². The maximum Gasteiger partial charge on any atom is 0.120 e. The van der Waals surface area contributed by atoms with Crippen molar-refractivity contribution in [3.05, 3.63) is 64.7 Å². The highest BCUT2D eigenvalue weighted by Gasteiger charge is 2.08. The van der Waals surface area contributed by atoms with E-state index in [1.54, 1.807) is 6.07 Å². The topological polar surface area (TPSA) is 35.2 Å². The minimum absolute atomic E-state index is 0.134. The van der Waals surface area contributed by atoms with Crippen LogP contribution in [0.2, 0.25) is 5.02 Å². The molecule has 0 radical (unpaired) electrons. The summed E-state index contributed by atoms with van der Waals surface area (Å²) < 4.78 is 5.69. The molecule has 1 unspecified atom stereocenters. The first kappa shape index (κ1) is 14.9. The molecule has 1 atom stereocenters. The van der Waals surface area contributed by atoms with Gasteiger partial charge < -0.3 is 10.5 Å². The lowest BCUT2D eigenvalue weighted by Gasteiger charge is -2.14. The Morgan fingerprint density at radius 3 is 2.70 bits per heavy atom. The van der Waals surface area contributed by atoms with Crippen molar-refractivity contribution in [1.82, 2.24) is 0 Å². The van der Waals surface area contributed by atoms with E-state index in [9.17, 15) is 0 Å². The van der Waals surface area contributed by atoms with Crippen LogP contribution in [0.5, 0.6) is 5.75 Å². The third-order valence-electron chi connectivity index (χ3n) is 3.14. The van der Waals surface area contributed by atoms with Crippen LogP contribution in [0.25, 0.3) is 0 Å². The molecule has 0 aliphatic rings. The highest BCUT2D eigenvalue weighted by atomic mass is 35.5. The number of benzene rings is 2. The van der Waals surface area contributed by atoms with E-state index in [0.717, 1.165) is 24.2 Å². The monoisotopic (exact) mass is 289 g/mol. The molecule has 0 heterocycles. The fraction of sp³-hybridized carbons (Fsp3) is 0.294. The van der Waals surface area contributed by atoms with E-state index in [-0.39, 0.29) is 6.04 Å². The van der Waals surface area contributed by atoms with E-state index in [1.165, 1.54) is 5.56 Å². The fourth-order valence-corrected chi connectivity index (χ4v) is 2.29. The van der Waals surface area contributed by atoms with Crippen LogP contribution in [0.3, 0.4) is 0 Å². The molecule has 0 aromatic heterocycles. The van der Waals surface area contributed by atoms with Crippen molar-refractivity contribution in [1.29, 1.82) is 0 Å². The van der Waals surface area contributed by atoms with Gasteiger partial charge in [0, 0.05) is 5.02 Å². The van der Waals surface area contributed by atoms with Crippen molar-refractivity contribution in [2.45, 2.75) is 25.8 Å². The van der Waals surface area contributed by atoms with Gasteiger partial charge in [0.25, 0.3) is 0 Å². The number of rotatable bonds is 6. The second-order valence-corrected chi connectivity index (χ2v) is 5.31. The Labute approximate surface area is 125 Å². The Kier molecular flexibility index (Phi) is 5.45. The summed E-state index contributed by atoms with van der Waals surface area (Å²) in [6, 6.07) is 15.6. The molecule has 0 aliphatic carbocycles. The molecule has 2 aromatic rings. The van der Waals surface area contributed by atoms with Crippen LogP contribution >= 0.6 is 11.6 Å². The zero-order valence-electron chi connectivity index (χ0n) is 11.7. The minimum atomic E-state index is -0.134. The van der Waals surface area contributed by atoms with Gasteiger partial charge in [-0.3, -0.25) is 0 Å². The minimum Gasteiger partial charge on any atom is -0.492 e. The number of hydrogen-bond acceptors (Lipinski definition) is 2. The van der Waals surface area contributed by atoms with Crippen molar-refractivity contribution in [3.63, 3.8) is 0 Å². The molecule has 2 nitrogen and oxygen atoms in total. The Morgan fingerprint density at radius 2 is 1.95 bits per heavy atom. The molecule has 0 spiro atoms. The lowest BCUT2D eigenvalue weighted by molar-refractivity contribution is 0.290. The van der Waals surface area contributed by atoms with Crippen LogP contribution in [-0.2, 0) is 6.42 Å². The maximum atomic E-state index is 6.19. The quantitative estimate of drug-likeness (QED) is 0.857. The molecule has 0 saturated heterocycles. The van der Waals surface area contributed by atoms with Gasteiger partial charge in [0.05, 0.1) is 6.04 Å². The Hall–Kier alpha value is -1.51. The second kappa shape index (κ2) is 7.32. The molecule has 0 fully saturated rings. The van der Waals surface area contributed by atoms with E-state index in [1.807, 2.05) is 24.3 Å². The van der Waals surface area contributed by atoms with Crippen molar-refractivity contribution in [3.8, 4) is 5.75 Å². The summed E-state index contributed by atoms with van der Waals surface area (Å²) in [5.41, 5.74) is 8.62. The molecule has 0 aliphatic heterocycles. The van der Waals surface area contributed by atoms with Crippen LogP contribution in [0, 0.1) is 0 Å². The molecular formula is C17H20ClNO. The summed E-state index contributed by atoms with van der Waals surface area (Å²) in [4.78, 5) is 0. The molecule has 20 heavy (non-hydrogen) atoms. The van der Waals surface area contributed by atoms with Crippen molar-refractivity contribution in [2.24, 2.45) is 5.73 Å².